The molecule has 1 aliphatic heterocycles. The van der Waals surface area contributed by atoms with Crippen LogP contribution in [0.4, 0.5) is 19.0 Å². The molecule has 3 heterocycles. The molecule has 0 bridgehead atoms. The second-order valence-electron chi connectivity index (χ2n) is 6.26. The van der Waals surface area contributed by atoms with Crippen molar-refractivity contribution < 1.29 is 22.8 Å². The minimum absolute atomic E-state index is 0.156. The molecule has 3 aromatic rings. The molecule has 6 nitrogen and oxygen atoms in total. The van der Waals surface area contributed by atoms with Crippen LogP contribution in [0.1, 0.15) is 26.3 Å². The summed E-state index contributed by atoms with van der Waals surface area (Å²) in [4.78, 5) is 29.7. The number of nitrogens with zero attached hydrogens (tertiary/aromatic N) is 4. The molecule has 10 heteroatoms. The zero-order chi connectivity index (χ0) is 20.9. The van der Waals surface area contributed by atoms with Gasteiger partial charge < -0.3 is 4.57 Å². The van der Waals surface area contributed by atoms with Gasteiger partial charge in [0.1, 0.15) is 0 Å². The number of rotatable bonds is 3. The van der Waals surface area contributed by atoms with E-state index in [1.54, 1.807) is 41.2 Å². The number of amides is 2. The Hall–Kier alpha value is -3.33. The molecule has 0 atom stereocenters. The van der Waals surface area contributed by atoms with Gasteiger partial charge in [-0.3, -0.25) is 14.6 Å². The highest BCUT2D eigenvalue weighted by Crippen LogP contribution is 2.35. The number of aromatic nitrogens is 2. The first kappa shape index (κ1) is 19.0. The molecular weight excluding hydrogens is 409 g/mol. The highest BCUT2D eigenvalue weighted by atomic mass is 35.5. The number of alkyl halides is 3. The van der Waals surface area contributed by atoms with E-state index in [1.807, 2.05) is 0 Å². The van der Waals surface area contributed by atoms with Gasteiger partial charge in [-0.2, -0.15) is 18.2 Å². The van der Waals surface area contributed by atoms with Crippen molar-refractivity contribution in [3.8, 4) is 5.69 Å². The second-order valence-corrected chi connectivity index (χ2v) is 6.67. The Morgan fingerprint density at radius 1 is 1.07 bits per heavy atom. The van der Waals surface area contributed by atoms with Crippen molar-refractivity contribution in [1.82, 2.24) is 14.6 Å². The fourth-order valence-electron chi connectivity index (χ4n) is 3.16. The van der Waals surface area contributed by atoms with Crippen LogP contribution in [0.15, 0.2) is 55.0 Å². The lowest BCUT2D eigenvalue weighted by Crippen LogP contribution is -2.44. The van der Waals surface area contributed by atoms with E-state index in [0.717, 1.165) is 10.0 Å². The normalized spacial score (nSPS) is 13.8. The van der Waals surface area contributed by atoms with Gasteiger partial charge in [0.2, 0.25) is 0 Å². The van der Waals surface area contributed by atoms with Gasteiger partial charge in [0.25, 0.3) is 11.8 Å². The van der Waals surface area contributed by atoms with E-state index >= 15 is 0 Å². The van der Waals surface area contributed by atoms with E-state index in [9.17, 15) is 22.8 Å². The molecule has 1 aromatic carbocycles. The summed E-state index contributed by atoms with van der Waals surface area (Å²) in [6.07, 6.45) is -0.557. The van der Waals surface area contributed by atoms with E-state index < -0.39 is 23.6 Å². The zero-order valence-corrected chi connectivity index (χ0v) is 15.6. The molecule has 1 aliphatic rings. The largest absolute Gasteiger partial charge is 0.417 e. The van der Waals surface area contributed by atoms with Crippen LogP contribution in [0.2, 0.25) is 5.02 Å². The SMILES string of the molecule is CN(c1ncc(C(F)(F)F)cc1Cl)N1C(=O)c2cccc(-n3cccc3)c2C1=O. The summed E-state index contributed by atoms with van der Waals surface area (Å²) in [5.41, 5.74) is -0.162. The average Bonchev–Trinajstić information content (AvgIpc) is 3.28. The molecule has 0 fully saturated rings. The molecule has 0 aliphatic carbocycles. The number of carbonyl (C=O) groups is 2. The maximum atomic E-state index is 13.1. The van der Waals surface area contributed by atoms with Crippen LogP contribution >= 0.6 is 11.6 Å². The van der Waals surface area contributed by atoms with E-state index in [4.69, 9.17) is 11.6 Å². The molecule has 0 spiro atoms. The smallest absolute Gasteiger partial charge is 0.323 e. The fraction of sp³-hybridized carbons (Fsp3) is 0.105. The van der Waals surface area contributed by atoms with Crippen LogP contribution in [-0.4, -0.2) is 33.4 Å². The summed E-state index contributed by atoms with van der Waals surface area (Å²) in [5, 5.41) is 1.51. The number of hydrogen-bond donors (Lipinski definition) is 0. The number of hydrogen-bond acceptors (Lipinski definition) is 4. The number of imide groups is 1. The number of benzene rings is 1. The molecule has 29 heavy (non-hydrogen) atoms. The van der Waals surface area contributed by atoms with Crippen LogP contribution in [0.3, 0.4) is 0 Å². The number of halogens is 4. The van der Waals surface area contributed by atoms with E-state index in [2.05, 4.69) is 4.98 Å². The van der Waals surface area contributed by atoms with Crippen LogP contribution in [-0.2, 0) is 6.18 Å². The average molecular weight is 421 g/mol. The number of hydrazine groups is 1. The summed E-state index contributed by atoms with van der Waals surface area (Å²) >= 11 is 5.97. The molecule has 0 N–H and O–H groups in total. The van der Waals surface area contributed by atoms with Crippen LogP contribution in [0.5, 0.6) is 0 Å². The third-order valence-electron chi connectivity index (χ3n) is 4.51. The van der Waals surface area contributed by atoms with Crippen LogP contribution in [0.25, 0.3) is 5.69 Å². The van der Waals surface area contributed by atoms with Crippen molar-refractivity contribution in [2.24, 2.45) is 0 Å². The summed E-state index contributed by atoms with van der Waals surface area (Å²) in [5.74, 6) is -1.41. The Morgan fingerprint density at radius 2 is 1.76 bits per heavy atom. The minimum atomic E-state index is -4.62. The van der Waals surface area contributed by atoms with Crippen molar-refractivity contribution in [3.63, 3.8) is 0 Å². The predicted octanol–water partition coefficient (Wildman–Crippen LogP) is 4.19. The monoisotopic (exact) mass is 420 g/mol. The lowest BCUT2D eigenvalue weighted by molar-refractivity contribution is -0.137. The maximum Gasteiger partial charge on any atom is 0.417 e. The first-order valence-corrected chi connectivity index (χ1v) is 8.69. The molecule has 2 amide bonds. The topological polar surface area (TPSA) is 58.4 Å². The van der Waals surface area contributed by atoms with E-state index in [1.165, 1.54) is 13.1 Å². The summed E-state index contributed by atoms with van der Waals surface area (Å²) in [6.45, 7) is 0. The molecule has 0 radical (unpaired) electrons. The molecule has 0 saturated carbocycles. The molecule has 148 valence electrons. The molecule has 0 saturated heterocycles. The summed E-state index contributed by atoms with van der Waals surface area (Å²) < 4.78 is 40.2. The van der Waals surface area contributed by atoms with Crippen molar-refractivity contribution in [1.29, 1.82) is 0 Å². The van der Waals surface area contributed by atoms with E-state index in [-0.39, 0.29) is 22.0 Å². The Bertz CT molecular complexity index is 1130. The maximum absolute atomic E-state index is 13.1. The summed E-state index contributed by atoms with van der Waals surface area (Å²) in [7, 11) is 1.33. The lowest BCUT2D eigenvalue weighted by Gasteiger charge is -2.27. The molecule has 2 aromatic heterocycles. The Balaban J connectivity index is 1.74. The van der Waals surface area contributed by atoms with Gasteiger partial charge >= 0.3 is 6.18 Å². The lowest BCUT2D eigenvalue weighted by atomic mass is 10.1. The highest BCUT2D eigenvalue weighted by Gasteiger charge is 2.41. The second kappa shape index (κ2) is 6.63. The van der Waals surface area contributed by atoms with E-state index in [0.29, 0.717) is 18.0 Å². The Kier molecular flexibility index (Phi) is 4.34. The first-order valence-electron chi connectivity index (χ1n) is 8.31. The molecule has 0 unspecified atom stereocenters. The zero-order valence-electron chi connectivity index (χ0n) is 14.8. The predicted molar refractivity (Wildman–Crippen MR) is 98.9 cm³/mol. The van der Waals surface area contributed by atoms with Gasteiger partial charge in [0.05, 0.1) is 27.4 Å². The van der Waals surface area contributed by atoms with Crippen molar-refractivity contribution >= 4 is 29.2 Å². The first-order chi connectivity index (χ1) is 13.7. The quantitative estimate of drug-likeness (QED) is 0.596. The van der Waals surface area contributed by atoms with Gasteiger partial charge in [-0.1, -0.05) is 17.7 Å². The highest BCUT2D eigenvalue weighted by molar-refractivity contribution is 6.33. The minimum Gasteiger partial charge on any atom is -0.323 e. The van der Waals surface area contributed by atoms with Crippen molar-refractivity contribution in [2.45, 2.75) is 6.18 Å². The third-order valence-corrected chi connectivity index (χ3v) is 4.79. The Morgan fingerprint density at radius 3 is 2.38 bits per heavy atom. The number of pyridine rings is 1. The molecule has 4 rings (SSSR count). The fourth-order valence-corrected chi connectivity index (χ4v) is 3.45. The van der Waals surface area contributed by atoms with Crippen LogP contribution in [0, 0.1) is 0 Å². The van der Waals surface area contributed by atoms with Gasteiger partial charge in [0, 0.05) is 25.6 Å². The van der Waals surface area contributed by atoms with Crippen LogP contribution < -0.4 is 5.01 Å². The van der Waals surface area contributed by atoms with Crippen molar-refractivity contribution in [2.75, 3.05) is 12.1 Å². The number of fused-ring (bicyclic) bond motifs is 1. The van der Waals surface area contributed by atoms with Gasteiger partial charge in [-0.25, -0.2) is 4.98 Å². The van der Waals surface area contributed by atoms with Crippen molar-refractivity contribution in [3.05, 3.63) is 76.7 Å². The van der Waals surface area contributed by atoms with Gasteiger partial charge in [0.15, 0.2) is 5.82 Å². The standard InChI is InChI=1S/C19H12ClF3N4O2/c1-25(16-13(20)9-11(10-24-16)19(21,22)23)27-17(28)12-5-4-6-14(15(12)18(27)29)26-7-2-3-8-26/h2-10H,1H3. The molecular formula is C19H12ClF3N4O2. The third kappa shape index (κ3) is 3.03. The Labute approximate surface area is 167 Å². The van der Waals surface area contributed by atoms with Gasteiger partial charge in [-0.05, 0) is 30.3 Å². The van der Waals surface area contributed by atoms with Gasteiger partial charge in [-0.15, -0.1) is 0 Å². The number of carbonyl (C=O) groups excluding carboxylic acids is 2. The number of anilines is 1. The summed E-state index contributed by atoms with van der Waals surface area (Å²) in [6, 6.07) is 9.10.